The fraction of sp³-hybridized carbons (Fsp3) is 0.194. The van der Waals surface area contributed by atoms with Crippen LogP contribution in [0.2, 0.25) is 0 Å². The average Bonchev–Trinajstić information content (AvgIpc) is 4.02. The summed E-state index contributed by atoms with van der Waals surface area (Å²) in [6.07, 6.45) is 6.12. The number of anilines is 2. The van der Waals surface area contributed by atoms with Crippen LogP contribution >= 0.6 is 0 Å². The first kappa shape index (κ1) is 44.6. The maximum atomic E-state index is 6.75. The molecule has 10 aromatic rings. The van der Waals surface area contributed by atoms with E-state index in [1.54, 1.807) is 0 Å². The van der Waals surface area contributed by atoms with Crippen LogP contribution < -0.4 is 14.5 Å². The van der Waals surface area contributed by atoms with Crippen LogP contribution in [0.15, 0.2) is 158 Å². The summed E-state index contributed by atoms with van der Waals surface area (Å²) in [6.45, 7) is 22.5. The van der Waals surface area contributed by atoms with E-state index in [0.29, 0.717) is 11.5 Å². The van der Waals surface area contributed by atoms with Crippen molar-refractivity contribution in [2.45, 2.75) is 78.6 Å². The number of rotatable bonds is 5. The topological polar surface area (TPSA) is 38.5 Å². The Kier molecular flexibility index (Phi) is 10.4. The SMILES string of the molecule is CC(C)(C)c1cc(N2C=CN(c3[c-]c(Oc4[c-]c5c(cc4)c4c6c(ccc4n5-c4cc(C(C)(C)C)ccn4)-n4c5ccccc5c5cccc(c54)-c4ccccc4-6)ccc3)[CH-]2)cc(C(C)(C)C)c1.[Pt]. The molecule has 0 N–H and O–H groups in total. The van der Waals surface area contributed by atoms with E-state index in [0.717, 1.165) is 44.7 Å². The summed E-state index contributed by atoms with van der Waals surface area (Å²) in [5.74, 6) is 2.03. The van der Waals surface area contributed by atoms with Gasteiger partial charge in [-0.3, -0.25) is 0 Å². The molecule has 3 aromatic heterocycles. The van der Waals surface area contributed by atoms with Crippen LogP contribution in [0.1, 0.15) is 79.0 Å². The van der Waals surface area contributed by atoms with Gasteiger partial charge in [0, 0.05) is 71.9 Å². The zero-order chi connectivity index (χ0) is 46.9. The van der Waals surface area contributed by atoms with Crippen LogP contribution in [-0.2, 0) is 37.3 Å². The minimum absolute atomic E-state index is 0. The largest absolute Gasteiger partial charge is 0.509 e. The molecular formula is C62H54N5OPt-3. The fourth-order valence-electron chi connectivity index (χ4n) is 10.2. The van der Waals surface area contributed by atoms with E-state index in [-0.39, 0.29) is 37.3 Å². The maximum absolute atomic E-state index is 6.75. The molecular weight excluding hydrogens is 1030 g/mol. The van der Waals surface area contributed by atoms with Crippen LogP contribution in [0.5, 0.6) is 11.5 Å². The molecule has 0 amide bonds. The zero-order valence-corrected chi connectivity index (χ0v) is 42.8. The van der Waals surface area contributed by atoms with Gasteiger partial charge < -0.3 is 23.7 Å². The number of ether oxygens (including phenoxy) is 1. The molecule has 0 fully saturated rings. The number of hydrogen-bond donors (Lipinski definition) is 0. The van der Waals surface area contributed by atoms with Crippen LogP contribution in [-0.4, -0.2) is 14.1 Å². The summed E-state index contributed by atoms with van der Waals surface area (Å²) in [4.78, 5) is 9.35. The van der Waals surface area contributed by atoms with Gasteiger partial charge in [-0.15, -0.1) is 48.1 Å². The minimum Gasteiger partial charge on any atom is -0.509 e. The van der Waals surface area contributed by atoms with E-state index < -0.39 is 0 Å². The second-order valence-corrected chi connectivity index (χ2v) is 21.5. The van der Waals surface area contributed by atoms with Crippen molar-refractivity contribution in [1.82, 2.24) is 14.1 Å². The third-order valence-corrected chi connectivity index (χ3v) is 13.9. The molecule has 0 radical (unpaired) electrons. The van der Waals surface area contributed by atoms with Gasteiger partial charge in [0.2, 0.25) is 0 Å². The summed E-state index contributed by atoms with van der Waals surface area (Å²) in [5, 5.41) is 4.71. The van der Waals surface area contributed by atoms with Crippen molar-refractivity contribution in [3.05, 3.63) is 194 Å². The Morgan fingerprint density at radius 1 is 0.522 bits per heavy atom. The standard InChI is InChI=1S/C62H54N5O.Pt/c1-60(2,3)39-28-29-63-56(35-39)66-53-26-27-54-57(48-20-11-10-18-46(48)49-21-15-22-50-47-19-12-13-23-52(47)67(54)59(49)50)58(53)51-25-24-45(37-55(51)66)68-44-17-14-16-42(36-44)64-30-31-65(38-64)43-33-40(61(4,5)6)32-41(34-43)62(7,8)9;/h10-35,38H,1-9H3;/q-3;. The Bertz CT molecular complexity index is 3690. The number of fused-ring (bicyclic) bond motifs is 12. The molecule has 2 aliphatic heterocycles. The van der Waals surface area contributed by atoms with Gasteiger partial charge in [0.15, 0.2) is 0 Å². The first-order valence-electron chi connectivity index (χ1n) is 23.7. The number of para-hydroxylation sites is 2. The van der Waals surface area contributed by atoms with E-state index in [1.165, 1.54) is 60.8 Å². The molecule has 6 nitrogen and oxygen atoms in total. The van der Waals surface area contributed by atoms with Crippen molar-refractivity contribution in [3.63, 3.8) is 0 Å². The van der Waals surface area contributed by atoms with E-state index in [1.807, 2.05) is 24.4 Å². The molecule has 0 bridgehead atoms. The predicted octanol–water partition coefficient (Wildman–Crippen LogP) is 16.1. The second kappa shape index (κ2) is 16.1. The van der Waals surface area contributed by atoms with E-state index in [4.69, 9.17) is 9.72 Å². The molecule has 7 aromatic carbocycles. The summed E-state index contributed by atoms with van der Waals surface area (Å²) in [5.41, 5.74) is 16.1. The van der Waals surface area contributed by atoms with E-state index in [2.05, 4.69) is 234 Å². The van der Waals surface area contributed by atoms with Crippen molar-refractivity contribution in [2.24, 2.45) is 0 Å². The Labute approximate surface area is 419 Å². The number of aromatic nitrogens is 3. The molecule has 0 saturated heterocycles. The predicted molar refractivity (Wildman–Crippen MR) is 282 cm³/mol. The molecule has 0 atom stereocenters. The maximum Gasteiger partial charge on any atom is 0.135 e. The first-order valence-corrected chi connectivity index (χ1v) is 23.7. The Balaban J connectivity index is 0.00000520. The van der Waals surface area contributed by atoms with Gasteiger partial charge in [-0.05, 0) is 104 Å². The molecule has 7 heteroatoms. The molecule has 0 unspecified atom stereocenters. The average molecular weight is 1080 g/mol. The van der Waals surface area contributed by atoms with E-state index >= 15 is 0 Å². The van der Waals surface area contributed by atoms with Crippen molar-refractivity contribution in [3.8, 4) is 45.3 Å². The normalized spacial score (nSPS) is 13.6. The molecule has 0 saturated carbocycles. The van der Waals surface area contributed by atoms with Crippen LogP contribution in [0, 0.1) is 18.8 Å². The third kappa shape index (κ3) is 7.38. The van der Waals surface area contributed by atoms with Crippen molar-refractivity contribution in [2.75, 3.05) is 9.80 Å². The quantitative estimate of drug-likeness (QED) is 0.161. The van der Waals surface area contributed by atoms with E-state index in [9.17, 15) is 0 Å². The van der Waals surface area contributed by atoms with Crippen LogP contribution in [0.4, 0.5) is 11.4 Å². The van der Waals surface area contributed by atoms with Gasteiger partial charge in [0.25, 0.3) is 0 Å². The molecule has 0 aliphatic carbocycles. The van der Waals surface area contributed by atoms with Gasteiger partial charge in [-0.25, -0.2) is 4.98 Å². The Morgan fingerprint density at radius 3 is 1.96 bits per heavy atom. The van der Waals surface area contributed by atoms with Crippen molar-refractivity contribution in [1.29, 1.82) is 0 Å². The van der Waals surface area contributed by atoms with Gasteiger partial charge in [0.05, 0.1) is 16.7 Å². The van der Waals surface area contributed by atoms with Gasteiger partial charge in [-0.2, -0.15) is 12.1 Å². The molecule has 2 aliphatic rings. The summed E-state index contributed by atoms with van der Waals surface area (Å²) >= 11 is 0. The Hall–Kier alpha value is -6.88. The van der Waals surface area contributed by atoms with Crippen molar-refractivity contribution >= 4 is 55.0 Å². The minimum atomic E-state index is -0.0806. The number of hydrogen-bond acceptors (Lipinski definition) is 4. The van der Waals surface area contributed by atoms with Crippen LogP contribution in [0.3, 0.4) is 0 Å². The van der Waals surface area contributed by atoms with Crippen LogP contribution in [0.25, 0.3) is 77.4 Å². The molecule has 0 spiro atoms. The third-order valence-electron chi connectivity index (χ3n) is 13.9. The van der Waals surface area contributed by atoms with Gasteiger partial charge >= 0.3 is 0 Å². The summed E-state index contributed by atoms with van der Waals surface area (Å²) < 4.78 is 11.5. The summed E-state index contributed by atoms with van der Waals surface area (Å²) in [7, 11) is 0. The van der Waals surface area contributed by atoms with Gasteiger partial charge in [-0.1, -0.05) is 135 Å². The molecule has 69 heavy (non-hydrogen) atoms. The molecule has 5 heterocycles. The monoisotopic (exact) mass is 1080 g/mol. The zero-order valence-electron chi connectivity index (χ0n) is 40.5. The Morgan fingerprint density at radius 2 is 1.19 bits per heavy atom. The number of pyridine rings is 1. The smallest absolute Gasteiger partial charge is 0.135 e. The molecule has 12 rings (SSSR count). The fourth-order valence-corrected chi connectivity index (χ4v) is 10.2. The molecule has 346 valence electrons. The second-order valence-electron chi connectivity index (χ2n) is 21.5. The number of nitrogens with zero attached hydrogens (tertiary/aromatic N) is 5. The van der Waals surface area contributed by atoms with Crippen molar-refractivity contribution < 1.29 is 25.8 Å². The summed E-state index contributed by atoms with van der Waals surface area (Å²) in [6, 6.07) is 57.9. The number of benzene rings is 7. The van der Waals surface area contributed by atoms with Gasteiger partial charge in [0.1, 0.15) is 5.82 Å². The first-order chi connectivity index (χ1) is 32.6.